The first-order valence-electron chi connectivity index (χ1n) is 1.94. The highest BCUT2D eigenvalue weighted by Gasteiger charge is 1.99. The van der Waals surface area contributed by atoms with Crippen molar-refractivity contribution in [3.8, 4) is 0 Å². The Labute approximate surface area is 45.6 Å². The summed E-state index contributed by atoms with van der Waals surface area (Å²) in [6.45, 7) is 1.04. The van der Waals surface area contributed by atoms with Gasteiger partial charge in [-0.1, -0.05) is 22.0 Å². The smallest absolute Gasteiger partial charge is 0.0514 e. The lowest BCUT2D eigenvalue weighted by molar-refractivity contribution is 0.935. The largest absolute Gasteiger partial charge is 0.390 e. The third kappa shape index (κ3) is 0.744. The molecule has 1 atom stereocenters. The van der Waals surface area contributed by atoms with E-state index >= 15 is 0 Å². The van der Waals surface area contributed by atoms with Crippen molar-refractivity contribution in [1.82, 2.24) is 5.32 Å². The average Bonchev–Trinajstić information content (AvgIpc) is 1.86. The minimum atomic E-state index is 0.567. The normalized spacial score (nSPS) is 30.5. The van der Waals surface area contributed by atoms with E-state index in [-0.39, 0.29) is 0 Å². The molecule has 0 spiro atoms. The number of hydrogen-bond acceptors (Lipinski definition) is 1. The van der Waals surface area contributed by atoms with Crippen molar-refractivity contribution in [2.45, 2.75) is 4.83 Å². The number of alkyl halides is 1. The Bertz CT molecular complexity index is 69.9. The van der Waals surface area contributed by atoms with Gasteiger partial charge in [0.25, 0.3) is 0 Å². The van der Waals surface area contributed by atoms with Gasteiger partial charge in [0.05, 0.1) is 4.83 Å². The monoisotopic (exact) mass is 147 g/mol. The topological polar surface area (TPSA) is 12.0 Å². The molecule has 1 nitrogen and oxygen atoms in total. The number of nitrogens with one attached hydrogen (secondary N) is 1. The molecule has 0 aliphatic carbocycles. The van der Waals surface area contributed by atoms with Crippen LogP contribution in [-0.2, 0) is 0 Å². The van der Waals surface area contributed by atoms with E-state index in [4.69, 9.17) is 0 Å². The van der Waals surface area contributed by atoms with E-state index in [0.29, 0.717) is 4.83 Å². The Morgan fingerprint density at radius 2 is 2.67 bits per heavy atom. The Morgan fingerprint density at radius 3 is 2.83 bits per heavy atom. The van der Waals surface area contributed by atoms with Crippen molar-refractivity contribution in [3.63, 3.8) is 0 Å². The molecule has 0 bridgehead atoms. The van der Waals surface area contributed by atoms with Crippen LogP contribution in [0.1, 0.15) is 0 Å². The zero-order valence-electron chi connectivity index (χ0n) is 3.32. The molecule has 0 saturated heterocycles. The lowest BCUT2D eigenvalue weighted by Crippen LogP contribution is -2.06. The van der Waals surface area contributed by atoms with Gasteiger partial charge in [0.15, 0.2) is 0 Å². The number of halogens is 1. The van der Waals surface area contributed by atoms with E-state index in [0.717, 1.165) is 6.54 Å². The molecule has 1 heterocycles. The van der Waals surface area contributed by atoms with E-state index in [1.165, 1.54) is 0 Å². The first-order chi connectivity index (χ1) is 2.89. The fourth-order valence-electron chi connectivity index (χ4n) is 0.421. The second kappa shape index (κ2) is 1.65. The van der Waals surface area contributed by atoms with Gasteiger partial charge in [-0.05, 0) is 6.20 Å². The molecule has 34 valence electrons. The van der Waals surface area contributed by atoms with E-state index in [1.54, 1.807) is 0 Å². The van der Waals surface area contributed by atoms with Gasteiger partial charge < -0.3 is 5.32 Å². The zero-order valence-corrected chi connectivity index (χ0v) is 4.90. The maximum absolute atomic E-state index is 3.39. The minimum Gasteiger partial charge on any atom is -0.390 e. The zero-order chi connectivity index (χ0) is 4.41. The minimum absolute atomic E-state index is 0.567. The van der Waals surface area contributed by atoms with Crippen LogP contribution in [0.25, 0.3) is 0 Å². The molecule has 0 aromatic rings. The summed E-state index contributed by atoms with van der Waals surface area (Å²) >= 11 is 3.39. The third-order valence-corrected chi connectivity index (χ3v) is 1.36. The van der Waals surface area contributed by atoms with Gasteiger partial charge in [0.2, 0.25) is 0 Å². The second-order valence-corrected chi connectivity index (χ2v) is 2.46. The van der Waals surface area contributed by atoms with Crippen LogP contribution >= 0.6 is 15.9 Å². The van der Waals surface area contributed by atoms with Crippen LogP contribution < -0.4 is 5.32 Å². The van der Waals surface area contributed by atoms with Crippen molar-refractivity contribution in [2.75, 3.05) is 6.54 Å². The maximum atomic E-state index is 3.39. The van der Waals surface area contributed by atoms with Gasteiger partial charge in [-0.15, -0.1) is 0 Å². The molecule has 0 aromatic carbocycles. The molecule has 1 rings (SSSR count). The Balaban J connectivity index is 2.38. The molecule has 0 saturated carbocycles. The van der Waals surface area contributed by atoms with E-state index in [9.17, 15) is 0 Å². The first kappa shape index (κ1) is 4.19. The lowest BCUT2D eigenvalue weighted by atomic mass is 10.5. The summed E-state index contributed by atoms with van der Waals surface area (Å²) in [6.07, 6.45) is 4.04. The molecule has 1 aliphatic heterocycles. The Morgan fingerprint density at radius 1 is 1.83 bits per heavy atom. The van der Waals surface area contributed by atoms with Crippen molar-refractivity contribution in [1.29, 1.82) is 0 Å². The first-order valence-corrected chi connectivity index (χ1v) is 2.85. The molecular formula is C4H6BrN. The second-order valence-electron chi connectivity index (χ2n) is 1.28. The predicted molar refractivity (Wildman–Crippen MR) is 29.9 cm³/mol. The van der Waals surface area contributed by atoms with Crippen LogP contribution in [-0.4, -0.2) is 11.4 Å². The third-order valence-electron chi connectivity index (χ3n) is 0.736. The fraction of sp³-hybridized carbons (Fsp3) is 0.500. The average molecular weight is 148 g/mol. The summed E-state index contributed by atoms with van der Waals surface area (Å²) in [4.78, 5) is 0.567. The van der Waals surface area contributed by atoms with Gasteiger partial charge in [-0.2, -0.15) is 0 Å². The molecule has 1 aliphatic rings. The van der Waals surface area contributed by atoms with E-state index in [2.05, 4.69) is 27.3 Å². The Kier molecular flexibility index (Phi) is 1.15. The molecule has 0 fully saturated rings. The summed E-state index contributed by atoms with van der Waals surface area (Å²) in [7, 11) is 0. The van der Waals surface area contributed by atoms with Crippen LogP contribution in [0, 0.1) is 0 Å². The fourth-order valence-corrected chi connectivity index (χ4v) is 0.761. The van der Waals surface area contributed by atoms with Gasteiger partial charge in [-0.25, -0.2) is 0 Å². The van der Waals surface area contributed by atoms with E-state index in [1.807, 2.05) is 6.20 Å². The predicted octanol–water partition coefficient (Wildman–Crippen LogP) is 0.867. The maximum Gasteiger partial charge on any atom is 0.0514 e. The SMILES string of the molecule is BrC1C=CNC1. The summed E-state index contributed by atoms with van der Waals surface area (Å²) in [6, 6.07) is 0. The van der Waals surface area contributed by atoms with Gasteiger partial charge >= 0.3 is 0 Å². The summed E-state index contributed by atoms with van der Waals surface area (Å²) in [5, 5.41) is 3.04. The van der Waals surface area contributed by atoms with Gasteiger partial charge in [0, 0.05) is 6.54 Å². The van der Waals surface area contributed by atoms with Gasteiger partial charge in [0.1, 0.15) is 0 Å². The summed E-state index contributed by atoms with van der Waals surface area (Å²) in [5.41, 5.74) is 0. The molecule has 1 N–H and O–H groups in total. The van der Waals surface area contributed by atoms with E-state index < -0.39 is 0 Å². The highest BCUT2D eigenvalue weighted by Crippen LogP contribution is 2.02. The van der Waals surface area contributed by atoms with Crippen LogP contribution in [0.4, 0.5) is 0 Å². The highest BCUT2D eigenvalue weighted by molar-refractivity contribution is 9.09. The molecule has 0 aromatic heterocycles. The molecule has 0 radical (unpaired) electrons. The number of rotatable bonds is 0. The van der Waals surface area contributed by atoms with Crippen molar-refractivity contribution in [2.24, 2.45) is 0 Å². The summed E-state index contributed by atoms with van der Waals surface area (Å²) < 4.78 is 0. The molecule has 6 heavy (non-hydrogen) atoms. The highest BCUT2D eigenvalue weighted by atomic mass is 79.9. The van der Waals surface area contributed by atoms with Crippen LogP contribution in [0.2, 0.25) is 0 Å². The van der Waals surface area contributed by atoms with Gasteiger partial charge in [-0.3, -0.25) is 0 Å². The van der Waals surface area contributed by atoms with Crippen LogP contribution in [0.5, 0.6) is 0 Å². The molecule has 2 heteroatoms. The Hall–Kier alpha value is 0.0200. The van der Waals surface area contributed by atoms with Crippen molar-refractivity contribution >= 4 is 15.9 Å². The van der Waals surface area contributed by atoms with Crippen molar-refractivity contribution in [3.05, 3.63) is 12.3 Å². The molecule has 0 amide bonds. The standard InChI is InChI=1S/C4H6BrN/c5-4-1-2-6-3-4/h1-2,4,6H,3H2. The number of hydrogen-bond donors (Lipinski definition) is 1. The molecule has 1 unspecified atom stereocenters. The quantitative estimate of drug-likeness (QED) is 0.502. The lowest BCUT2D eigenvalue weighted by Gasteiger charge is -1.89. The molecular weight excluding hydrogens is 142 g/mol. The summed E-state index contributed by atoms with van der Waals surface area (Å²) in [5.74, 6) is 0. The van der Waals surface area contributed by atoms with Crippen LogP contribution in [0.15, 0.2) is 12.3 Å². The van der Waals surface area contributed by atoms with Crippen molar-refractivity contribution < 1.29 is 0 Å². The van der Waals surface area contributed by atoms with Crippen LogP contribution in [0.3, 0.4) is 0 Å².